The number of hydrogen-bond donors (Lipinski definition) is 0. The molecule has 1 aromatic rings. The lowest BCUT2D eigenvalue weighted by atomic mass is 10.2. The third-order valence-electron chi connectivity index (χ3n) is 2.07. The smallest absolute Gasteiger partial charge is 0.170 e. The molecule has 1 heterocycles. The summed E-state index contributed by atoms with van der Waals surface area (Å²) in [5.41, 5.74) is 1.57. The molecule has 0 amide bonds. The Morgan fingerprint density at radius 1 is 1.75 bits per heavy atom. The average Bonchev–Trinajstić information content (AvgIpc) is 2.45. The van der Waals surface area contributed by atoms with Crippen molar-refractivity contribution in [1.82, 2.24) is 9.78 Å². The van der Waals surface area contributed by atoms with Gasteiger partial charge in [-0.15, -0.1) is 0 Å². The minimum Gasteiger partial charge on any atom is -0.296 e. The Labute approximate surface area is 72.4 Å². The van der Waals surface area contributed by atoms with Crippen molar-refractivity contribution in [3.05, 3.63) is 17.5 Å². The summed E-state index contributed by atoms with van der Waals surface area (Å²) in [7, 11) is 0. The van der Waals surface area contributed by atoms with Crippen LogP contribution in [0.3, 0.4) is 0 Å². The zero-order chi connectivity index (χ0) is 9.14. The molecule has 66 valence electrons. The Kier molecular flexibility index (Phi) is 2.63. The van der Waals surface area contributed by atoms with Gasteiger partial charge in [-0.2, -0.15) is 5.10 Å². The van der Waals surface area contributed by atoms with Crippen LogP contribution in [0.25, 0.3) is 0 Å². The Balaban J connectivity index is 2.98. The minimum absolute atomic E-state index is 0.374. The highest BCUT2D eigenvalue weighted by Gasteiger charge is 2.07. The van der Waals surface area contributed by atoms with Crippen molar-refractivity contribution in [3.8, 4) is 0 Å². The fraction of sp³-hybridized carbons (Fsp3) is 0.556. The fourth-order valence-electron chi connectivity index (χ4n) is 1.19. The molecule has 0 N–H and O–H groups in total. The van der Waals surface area contributed by atoms with Crippen LogP contribution >= 0.6 is 0 Å². The van der Waals surface area contributed by atoms with E-state index >= 15 is 0 Å². The molecule has 0 saturated heterocycles. The lowest BCUT2D eigenvalue weighted by Crippen LogP contribution is -2.07. The van der Waals surface area contributed by atoms with Crippen LogP contribution in [0.2, 0.25) is 0 Å². The van der Waals surface area contributed by atoms with Crippen molar-refractivity contribution in [2.75, 3.05) is 0 Å². The van der Waals surface area contributed by atoms with Crippen LogP contribution in [0, 0.1) is 6.92 Å². The van der Waals surface area contributed by atoms with Crippen LogP contribution in [-0.4, -0.2) is 16.1 Å². The summed E-state index contributed by atoms with van der Waals surface area (Å²) in [6.45, 7) is 6.16. The van der Waals surface area contributed by atoms with E-state index in [1.807, 2.05) is 11.6 Å². The highest BCUT2D eigenvalue weighted by molar-refractivity contribution is 5.71. The van der Waals surface area contributed by atoms with Gasteiger partial charge in [0.25, 0.3) is 0 Å². The van der Waals surface area contributed by atoms with Crippen LogP contribution in [0.15, 0.2) is 6.07 Å². The Morgan fingerprint density at radius 2 is 2.42 bits per heavy atom. The number of aldehydes is 1. The lowest BCUT2D eigenvalue weighted by molar-refractivity contribution is 0.111. The maximum Gasteiger partial charge on any atom is 0.170 e. The van der Waals surface area contributed by atoms with E-state index in [9.17, 15) is 4.79 Å². The summed E-state index contributed by atoms with van der Waals surface area (Å²) < 4.78 is 1.89. The van der Waals surface area contributed by atoms with E-state index < -0.39 is 0 Å². The second-order valence-corrected chi connectivity index (χ2v) is 3.03. The Morgan fingerprint density at radius 3 is 2.83 bits per heavy atom. The molecule has 0 saturated carbocycles. The van der Waals surface area contributed by atoms with Gasteiger partial charge in [-0.05, 0) is 26.3 Å². The molecule has 0 spiro atoms. The topological polar surface area (TPSA) is 34.9 Å². The van der Waals surface area contributed by atoms with Crippen molar-refractivity contribution in [2.24, 2.45) is 0 Å². The van der Waals surface area contributed by atoms with Gasteiger partial charge >= 0.3 is 0 Å². The largest absolute Gasteiger partial charge is 0.296 e. The van der Waals surface area contributed by atoms with E-state index in [2.05, 4.69) is 18.9 Å². The van der Waals surface area contributed by atoms with Crippen LogP contribution in [0.4, 0.5) is 0 Å². The van der Waals surface area contributed by atoms with Crippen LogP contribution in [0.5, 0.6) is 0 Å². The van der Waals surface area contributed by atoms with Gasteiger partial charge in [-0.3, -0.25) is 9.48 Å². The summed E-state index contributed by atoms with van der Waals surface area (Å²) in [5, 5.41) is 4.15. The summed E-state index contributed by atoms with van der Waals surface area (Å²) in [6.07, 6.45) is 1.81. The quantitative estimate of drug-likeness (QED) is 0.643. The van der Waals surface area contributed by atoms with E-state index in [1.54, 1.807) is 6.07 Å². The lowest BCUT2D eigenvalue weighted by Gasteiger charge is -2.10. The second kappa shape index (κ2) is 3.52. The molecule has 0 aliphatic heterocycles. The van der Waals surface area contributed by atoms with E-state index in [0.29, 0.717) is 11.7 Å². The first-order valence-corrected chi connectivity index (χ1v) is 4.20. The van der Waals surface area contributed by atoms with Gasteiger partial charge in [-0.25, -0.2) is 0 Å². The van der Waals surface area contributed by atoms with Gasteiger partial charge < -0.3 is 0 Å². The zero-order valence-electron chi connectivity index (χ0n) is 7.74. The average molecular weight is 166 g/mol. The van der Waals surface area contributed by atoms with E-state index in [-0.39, 0.29) is 0 Å². The molecule has 3 heteroatoms. The molecule has 0 aromatic carbocycles. The molecule has 3 nitrogen and oxygen atoms in total. The predicted molar refractivity (Wildman–Crippen MR) is 47.4 cm³/mol. The van der Waals surface area contributed by atoms with Crippen LogP contribution in [-0.2, 0) is 0 Å². The molecule has 1 rings (SSSR count). The Hall–Kier alpha value is -1.12. The van der Waals surface area contributed by atoms with Crippen molar-refractivity contribution in [2.45, 2.75) is 33.2 Å². The maximum atomic E-state index is 10.4. The van der Waals surface area contributed by atoms with E-state index in [4.69, 9.17) is 0 Å². The molecule has 0 bridgehead atoms. The molecule has 1 atom stereocenters. The fourth-order valence-corrected chi connectivity index (χ4v) is 1.19. The summed E-state index contributed by atoms with van der Waals surface area (Å²) in [6, 6.07) is 2.18. The van der Waals surface area contributed by atoms with Crippen molar-refractivity contribution in [1.29, 1.82) is 0 Å². The molecule has 0 aliphatic carbocycles. The van der Waals surface area contributed by atoms with E-state index in [0.717, 1.165) is 18.4 Å². The third kappa shape index (κ3) is 1.55. The van der Waals surface area contributed by atoms with Crippen molar-refractivity contribution < 1.29 is 4.79 Å². The summed E-state index contributed by atoms with van der Waals surface area (Å²) in [5.74, 6) is 0. The summed E-state index contributed by atoms with van der Waals surface area (Å²) in [4.78, 5) is 10.4. The number of aryl methyl sites for hydroxylation is 1. The maximum absolute atomic E-state index is 10.4. The number of carbonyl (C=O) groups is 1. The van der Waals surface area contributed by atoms with Gasteiger partial charge in [0.2, 0.25) is 0 Å². The standard InChI is InChI=1S/C9H14N2O/c1-4-7(2)11-8(3)5-9(6-12)10-11/h5-7H,4H2,1-3H3. The monoisotopic (exact) mass is 166 g/mol. The second-order valence-electron chi connectivity index (χ2n) is 3.03. The third-order valence-corrected chi connectivity index (χ3v) is 2.07. The SMILES string of the molecule is CCC(C)n1nc(C=O)cc1C. The number of aromatic nitrogens is 2. The first kappa shape index (κ1) is 8.97. The number of carbonyl (C=O) groups excluding carboxylic acids is 1. The first-order chi connectivity index (χ1) is 5.69. The molecular formula is C9H14N2O. The van der Waals surface area contributed by atoms with Gasteiger partial charge in [0.05, 0.1) is 0 Å². The van der Waals surface area contributed by atoms with Gasteiger partial charge in [0.1, 0.15) is 5.69 Å². The molecule has 0 aliphatic rings. The highest BCUT2D eigenvalue weighted by atomic mass is 16.1. The molecule has 12 heavy (non-hydrogen) atoms. The first-order valence-electron chi connectivity index (χ1n) is 4.20. The minimum atomic E-state index is 0.374. The van der Waals surface area contributed by atoms with Crippen molar-refractivity contribution in [3.63, 3.8) is 0 Å². The number of rotatable bonds is 3. The van der Waals surface area contributed by atoms with Crippen molar-refractivity contribution >= 4 is 6.29 Å². The molecule has 0 fully saturated rings. The van der Waals surface area contributed by atoms with Crippen LogP contribution < -0.4 is 0 Å². The molecule has 1 unspecified atom stereocenters. The number of nitrogens with zero attached hydrogens (tertiary/aromatic N) is 2. The summed E-state index contributed by atoms with van der Waals surface area (Å²) >= 11 is 0. The van der Waals surface area contributed by atoms with Gasteiger partial charge in [0.15, 0.2) is 6.29 Å². The highest BCUT2D eigenvalue weighted by Crippen LogP contribution is 2.12. The Bertz CT molecular complexity index is 278. The van der Waals surface area contributed by atoms with E-state index in [1.165, 1.54) is 0 Å². The molecular weight excluding hydrogens is 152 g/mol. The normalized spacial score (nSPS) is 12.9. The number of hydrogen-bond acceptors (Lipinski definition) is 2. The zero-order valence-corrected chi connectivity index (χ0v) is 7.74. The molecule has 0 radical (unpaired) electrons. The van der Waals surface area contributed by atoms with Gasteiger partial charge in [0, 0.05) is 11.7 Å². The molecule has 1 aromatic heterocycles. The predicted octanol–water partition coefficient (Wildman–Crippen LogP) is 1.98. The van der Waals surface area contributed by atoms with Crippen LogP contribution in [0.1, 0.15) is 42.5 Å². The van der Waals surface area contributed by atoms with Gasteiger partial charge in [-0.1, -0.05) is 6.92 Å².